The smallest absolute Gasteiger partial charge is 0.215 e. The second-order valence-electron chi connectivity index (χ2n) is 3.43. The number of hydrogen-bond acceptors (Lipinski definition) is 0. The Morgan fingerprint density at radius 1 is 1.00 bits per heavy atom. The molecule has 0 saturated heterocycles. The summed E-state index contributed by atoms with van der Waals surface area (Å²) in [6.45, 7) is 0. The van der Waals surface area contributed by atoms with Gasteiger partial charge >= 0.3 is 0 Å². The van der Waals surface area contributed by atoms with Gasteiger partial charge in [0.2, 0.25) is 0 Å². The predicted octanol–water partition coefficient (Wildman–Crippen LogP) is 4.42. The van der Waals surface area contributed by atoms with Gasteiger partial charge in [-0.3, -0.25) is 0 Å². The lowest BCUT2D eigenvalue weighted by Crippen LogP contribution is -1.95. The van der Waals surface area contributed by atoms with Gasteiger partial charge in [0.25, 0.3) is 6.43 Å². The van der Waals surface area contributed by atoms with Gasteiger partial charge in [0.1, 0.15) is 0 Å². The van der Waals surface area contributed by atoms with Gasteiger partial charge in [-0.05, 0) is 22.4 Å². The molecule has 2 rings (SSSR count). The van der Waals surface area contributed by atoms with E-state index in [-0.39, 0.29) is 11.9 Å². The normalized spacial score (nSPS) is 12.4. The van der Waals surface area contributed by atoms with Crippen LogP contribution in [0.5, 0.6) is 0 Å². The second kappa shape index (κ2) is 4.39. The Balaban J connectivity index is 2.54. The lowest BCUT2D eigenvalue weighted by molar-refractivity contribution is 0.214. The van der Waals surface area contributed by atoms with E-state index in [0.29, 0.717) is 0 Å². The van der Waals surface area contributed by atoms with E-state index in [1.165, 1.54) is 6.07 Å². The maximum atomic E-state index is 12.5. The van der Waals surface area contributed by atoms with Gasteiger partial charge in [-0.1, -0.05) is 36.4 Å². The average Bonchev–Trinajstić information content (AvgIpc) is 2.29. The molecule has 0 radical (unpaired) electrons. The first-order chi connectivity index (χ1) is 7.72. The Bertz CT molecular complexity index is 529. The number of halogens is 3. The first-order valence-corrected chi connectivity index (χ1v) is 4.80. The molecular weight excluding hydrogens is 213 g/mol. The van der Waals surface area contributed by atoms with E-state index in [4.69, 9.17) is 0 Å². The Morgan fingerprint density at radius 3 is 2.31 bits per heavy atom. The van der Waals surface area contributed by atoms with Crippen molar-refractivity contribution in [2.75, 3.05) is 0 Å². The maximum Gasteiger partial charge on any atom is 0.266 e. The molecule has 0 atom stereocenters. The van der Waals surface area contributed by atoms with Crippen LogP contribution in [-0.4, -0.2) is 6.43 Å². The molecule has 0 heterocycles. The molecule has 0 nitrogen and oxygen atoms in total. The van der Waals surface area contributed by atoms with E-state index in [2.05, 4.69) is 0 Å². The van der Waals surface area contributed by atoms with E-state index in [9.17, 15) is 13.2 Å². The molecule has 0 unspecified atom stereocenters. The molecule has 0 aliphatic heterocycles. The van der Waals surface area contributed by atoms with Crippen molar-refractivity contribution in [3.63, 3.8) is 0 Å². The standard InChI is InChI=1S/C13H9F3/c14-8-12(13(15)16)11-6-5-9-3-1-2-4-10(9)7-11/h1-8,13H. The highest BCUT2D eigenvalue weighted by molar-refractivity contribution is 5.86. The minimum atomic E-state index is -2.80. The van der Waals surface area contributed by atoms with Gasteiger partial charge in [-0.2, -0.15) is 0 Å². The number of alkyl halides is 2. The molecule has 0 spiro atoms. The topological polar surface area (TPSA) is 0 Å². The molecule has 0 amide bonds. The second-order valence-corrected chi connectivity index (χ2v) is 3.43. The summed E-state index contributed by atoms with van der Waals surface area (Å²) >= 11 is 0. The zero-order chi connectivity index (χ0) is 11.5. The average molecular weight is 222 g/mol. The van der Waals surface area contributed by atoms with Crippen LogP contribution < -0.4 is 0 Å². The molecule has 0 N–H and O–H groups in total. The molecule has 3 heteroatoms. The Labute approximate surface area is 91.0 Å². The Morgan fingerprint density at radius 2 is 1.69 bits per heavy atom. The largest absolute Gasteiger partial charge is 0.266 e. The van der Waals surface area contributed by atoms with Crippen molar-refractivity contribution in [1.82, 2.24) is 0 Å². The molecule has 0 fully saturated rings. The van der Waals surface area contributed by atoms with E-state index in [0.717, 1.165) is 10.8 Å². The van der Waals surface area contributed by atoms with E-state index in [1.807, 2.05) is 18.2 Å². The Hall–Kier alpha value is -1.77. The van der Waals surface area contributed by atoms with Gasteiger partial charge in [0.05, 0.1) is 11.9 Å². The van der Waals surface area contributed by atoms with Crippen molar-refractivity contribution in [3.8, 4) is 0 Å². The summed E-state index contributed by atoms with van der Waals surface area (Å²) < 4.78 is 37.3. The lowest BCUT2D eigenvalue weighted by atomic mass is 10.0. The third kappa shape index (κ3) is 1.94. The number of fused-ring (bicyclic) bond motifs is 1. The van der Waals surface area contributed by atoms with Crippen molar-refractivity contribution in [3.05, 3.63) is 54.4 Å². The van der Waals surface area contributed by atoms with Crippen LogP contribution in [0, 0.1) is 0 Å². The van der Waals surface area contributed by atoms with Crippen molar-refractivity contribution in [2.24, 2.45) is 0 Å². The summed E-state index contributed by atoms with van der Waals surface area (Å²) in [6.07, 6.45) is -2.83. The van der Waals surface area contributed by atoms with Crippen LogP contribution in [-0.2, 0) is 0 Å². The molecular formula is C13H9F3. The minimum absolute atomic E-state index is 0.0330. The first-order valence-electron chi connectivity index (χ1n) is 4.80. The van der Waals surface area contributed by atoms with Crippen LogP contribution in [0.1, 0.15) is 5.56 Å². The van der Waals surface area contributed by atoms with Gasteiger partial charge in [-0.25, -0.2) is 13.2 Å². The van der Waals surface area contributed by atoms with E-state index >= 15 is 0 Å². The summed E-state index contributed by atoms with van der Waals surface area (Å²) in [5.41, 5.74) is -0.359. The van der Waals surface area contributed by atoms with Crippen molar-refractivity contribution >= 4 is 16.3 Å². The molecule has 2 aromatic carbocycles. The first kappa shape index (κ1) is 10.7. The minimum Gasteiger partial charge on any atom is -0.215 e. The number of rotatable bonds is 2. The fourth-order valence-electron chi connectivity index (χ4n) is 1.61. The molecule has 2 aromatic rings. The molecule has 0 bridgehead atoms. The fourth-order valence-corrected chi connectivity index (χ4v) is 1.61. The van der Waals surface area contributed by atoms with E-state index < -0.39 is 12.0 Å². The van der Waals surface area contributed by atoms with Crippen molar-refractivity contribution in [2.45, 2.75) is 6.43 Å². The van der Waals surface area contributed by atoms with Gasteiger partial charge in [0, 0.05) is 0 Å². The van der Waals surface area contributed by atoms with Crippen LogP contribution >= 0.6 is 0 Å². The van der Waals surface area contributed by atoms with Gasteiger partial charge < -0.3 is 0 Å². The van der Waals surface area contributed by atoms with Gasteiger partial charge in [-0.15, -0.1) is 0 Å². The van der Waals surface area contributed by atoms with Crippen LogP contribution in [0.25, 0.3) is 16.3 Å². The molecule has 16 heavy (non-hydrogen) atoms. The molecule has 82 valence electrons. The third-order valence-electron chi connectivity index (χ3n) is 2.44. The van der Waals surface area contributed by atoms with E-state index in [1.54, 1.807) is 18.2 Å². The highest BCUT2D eigenvalue weighted by Gasteiger charge is 2.13. The summed E-state index contributed by atoms with van der Waals surface area (Å²) in [6, 6.07) is 12.1. The molecule has 0 aromatic heterocycles. The quantitative estimate of drug-likeness (QED) is 0.705. The number of hydrogen-bond donors (Lipinski definition) is 0. The molecule has 0 saturated carbocycles. The summed E-state index contributed by atoms with van der Waals surface area (Å²) in [4.78, 5) is 0. The number of benzene rings is 2. The maximum absolute atomic E-state index is 12.5. The third-order valence-corrected chi connectivity index (χ3v) is 2.44. The lowest BCUT2D eigenvalue weighted by Gasteiger charge is -2.06. The predicted molar refractivity (Wildman–Crippen MR) is 59.0 cm³/mol. The van der Waals surface area contributed by atoms with Crippen molar-refractivity contribution < 1.29 is 13.2 Å². The monoisotopic (exact) mass is 222 g/mol. The number of allylic oxidation sites excluding steroid dienone is 1. The highest BCUT2D eigenvalue weighted by Crippen LogP contribution is 2.25. The SMILES string of the molecule is FC=C(c1ccc2ccccc2c1)C(F)F. The Kier molecular flexibility index (Phi) is 2.95. The van der Waals surface area contributed by atoms with Gasteiger partial charge in [0.15, 0.2) is 0 Å². The van der Waals surface area contributed by atoms with Crippen LogP contribution in [0.4, 0.5) is 13.2 Å². The van der Waals surface area contributed by atoms with Crippen LogP contribution in [0.15, 0.2) is 48.8 Å². The summed E-state index contributed by atoms with van der Waals surface area (Å²) in [5, 5.41) is 1.76. The zero-order valence-corrected chi connectivity index (χ0v) is 8.33. The van der Waals surface area contributed by atoms with Crippen LogP contribution in [0.3, 0.4) is 0 Å². The summed E-state index contributed by atoms with van der Waals surface area (Å²) in [5.74, 6) is 0. The van der Waals surface area contributed by atoms with Crippen molar-refractivity contribution in [1.29, 1.82) is 0 Å². The fraction of sp³-hybridized carbons (Fsp3) is 0.0769. The molecule has 0 aliphatic rings. The molecule has 0 aliphatic carbocycles. The highest BCUT2D eigenvalue weighted by atomic mass is 19.3. The van der Waals surface area contributed by atoms with Crippen LogP contribution in [0.2, 0.25) is 0 Å². The summed E-state index contributed by atoms with van der Waals surface area (Å²) in [7, 11) is 0. The zero-order valence-electron chi connectivity index (χ0n) is 8.33.